The van der Waals surface area contributed by atoms with Gasteiger partial charge in [-0.3, -0.25) is 4.99 Å². The van der Waals surface area contributed by atoms with E-state index >= 15 is 0 Å². The predicted molar refractivity (Wildman–Crippen MR) is 120 cm³/mol. The molecule has 28 heavy (non-hydrogen) atoms. The van der Waals surface area contributed by atoms with Crippen molar-refractivity contribution in [2.24, 2.45) is 4.99 Å². The summed E-state index contributed by atoms with van der Waals surface area (Å²) < 4.78 is 12.8. The minimum atomic E-state index is 0. The third-order valence-corrected chi connectivity index (χ3v) is 4.73. The monoisotopic (exact) mass is 500 g/mol. The summed E-state index contributed by atoms with van der Waals surface area (Å²) in [7, 11) is 5.06. The van der Waals surface area contributed by atoms with Crippen molar-refractivity contribution in [3.8, 4) is 11.5 Å². The molecule has 1 aliphatic heterocycles. The van der Waals surface area contributed by atoms with Gasteiger partial charge in [0.15, 0.2) is 23.3 Å². The van der Waals surface area contributed by atoms with Crippen molar-refractivity contribution in [2.45, 2.75) is 38.8 Å². The Morgan fingerprint density at radius 2 is 1.96 bits per heavy atom. The lowest BCUT2D eigenvalue weighted by atomic mass is 10.1. The van der Waals surface area contributed by atoms with Crippen LogP contribution in [-0.4, -0.2) is 48.5 Å². The van der Waals surface area contributed by atoms with E-state index in [1.165, 1.54) is 18.4 Å². The molecule has 0 saturated carbocycles. The van der Waals surface area contributed by atoms with Crippen LogP contribution in [0.3, 0.4) is 0 Å². The summed E-state index contributed by atoms with van der Waals surface area (Å²) >= 11 is 0. The van der Waals surface area contributed by atoms with Gasteiger partial charge in [0.05, 0.1) is 20.8 Å². The van der Waals surface area contributed by atoms with Gasteiger partial charge >= 0.3 is 0 Å². The fourth-order valence-corrected chi connectivity index (χ4v) is 3.24. The third-order valence-electron chi connectivity index (χ3n) is 4.73. The maximum Gasteiger partial charge on any atom is 0.191 e. The molecule has 2 heterocycles. The number of ether oxygens (including phenoxy) is 2. The van der Waals surface area contributed by atoms with E-state index in [1.807, 2.05) is 18.2 Å². The number of benzene rings is 1. The molecule has 2 N–H and O–H groups in total. The predicted octanol–water partition coefficient (Wildman–Crippen LogP) is 2.16. The van der Waals surface area contributed by atoms with Crippen LogP contribution in [0.15, 0.2) is 23.2 Å². The zero-order valence-corrected chi connectivity index (χ0v) is 19.0. The van der Waals surface area contributed by atoms with Gasteiger partial charge in [0.2, 0.25) is 0 Å². The minimum Gasteiger partial charge on any atom is -0.493 e. The number of nitrogens with one attached hydrogen (secondary N) is 2. The maximum atomic E-state index is 5.35. The van der Waals surface area contributed by atoms with E-state index in [1.54, 1.807) is 21.3 Å². The molecule has 0 radical (unpaired) electrons. The van der Waals surface area contributed by atoms with E-state index in [9.17, 15) is 0 Å². The molecule has 0 fully saturated rings. The summed E-state index contributed by atoms with van der Waals surface area (Å²) in [6.45, 7) is 2.38. The van der Waals surface area contributed by atoms with Crippen LogP contribution in [0, 0.1) is 0 Å². The molecule has 0 bridgehead atoms. The number of halogens is 1. The zero-order valence-electron chi connectivity index (χ0n) is 16.7. The number of aryl methyl sites for hydroxylation is 1. The van der Waals surface area contributed by atoms with Crippen LogP contribution in [0.2, 0.25) is 0 Å². The molecule has 0 unspecified atom stereocenters. The molecule has 8 nitrogen and oxygen atoms in total. The van der Waals surface area contributed by atoms with Crippen molar-refractivity contribution >= 4 is 29.9 Å². The van der Waals surface area contributed by atoms with Crippen LogP contribution in [0.1, 0.15) is 30.1 Å². The molecule has 2 aromatic rings. The fraction of sp³-hybridized carbons (Fsp3) is 0.526. The molecule has 9 heteroatoms. The number of rotatable bonds is 7. The molecular formula is C19H29IN6O2. The number of hydrogen-bond acceptors (Lipinski definition) is 5. The fourth-order valence-electron chi connectivity index (χ4n) is 3.24. The summed E-state index contributed by atoms with van der Waals surface area (Å²) in [6, 6.07) is 5.97. The molecule has 0 spiro atoms. The Hall–Kier alpha value is -2.04. The van der Waals surface area contributed by atoms with Gasteiger partial charge in [0.1, 0.15) is 5.82 Å². The lowest BCUT2D eigenvalue weighted by Gasteiger charge is -2.16. The summed E-state index contributed by atoms with van der Waals surface area (Å²) in [6.07, 6.45) is 4.26. The van der Waals surface area contributed by atoms with Crippen molar-refractivity contribution in [2.75, 3.05) is 27.8 Å². The first kappa shape index (κ1) is 22.3. The maximum absolute atomic E-state index is 5.35. The summed E-state index contributed by atoms with van der Waals surface area (Å²) in [5.41, 5.74) is 1.17. The van der Waals surface area contributed by atoms with Gasteiger partial charge in [0.25, 0.3) is 0 Å². The van der Waals surface area contributed by atoms with Gasteiger partial charge in [0, 0.05) is 26.6 Å². The molecule has 0 amide bonds. The third kappa shape index (κ3) is 5.49. The second-order valence-electron chi connectivity index (χ2n) is 6.43. The highest BCUT2D eigenvalue weighted by Gasteiger charge is 2.15. The Kier molecular flexibility index (Phi) is 8.81. The van der Waals surface area contributed by atoms with E-state index < -0.39 is 0 Å². The number of aliphatic imine (C=N–C) groups is 1. The second-order valence-corrected chi connectivity index (χ2v) is 6.43. The average Bonchev–Trinajstić information content (AvgIpc) is 3.13. The molecule has 3 rings (SSSR count). The standard InChI is InChI=1S/C19H28N6O2.HI/c1-20-19(22-13-18-24-23-17-6-4-5-11-25(17)18)21-10-9-14-7-8-15(26-2)16(12-14)27-3;/h7-8,12H,4-6,9-11,13H2,1-3H3,(H2,20,21,22);1H. The van der Waals surface area contributed by atoms with Gasteiger partial charge in [-0.1, -0.05) is 6.07 Å². The lowest BCUT2D eigenvalue weighted by molar-refractivity contribution is 0.354. The highest BCUT2D eigenvalue weighted by atomic mass is 127. The highest BCUT2D eigenvalue weighted by Crippen LogP contribution is 2.27. The number of methoxy groups -OCH3 is 2. The van der Waals surface area contributed by atoms with E-state index in [2.05, 4.69) is 30.4 Å². The molecule has 0 atom stereocenters. The van der Waals surface area contributed by atoms with E-state index in [0.29, 0.717) is 6.54 Å². The molecule has 1 aromatic heterocycles. The highest BCUT2D eigenvalue weighted by molar-refractivity contribution is 14.0. The number of guanidine groups is 1. The van der Waals surface area contributed by atoms with Gasteiger partial charge in [-0.05, 0) is 37.0 Å². The minimum absolute atomic E-state index is 0. The quantitative estimate of drug-likeness (QED) is 0.345. The molecule has 1 aromatic carbocycles. The Balaban J connectivity index is 0.00000280. The molecule has 0 saturated heterocycles. The first-order valence-electron chi connectivity index (χ1n) is 9.31. The molecule has 154 valence electrons. The average molecular weight is 500 g/mol. The normalized spacial score (nSPS) is 13.3. The van der Waals surface area contributed by atoms with Crippen LogP contribution in [0.5, 0.6) is 11.5 Å². The summed E-state index contributed by atoms with van der Waals surface area (Å²) in [4.78, 5) is 4.28. The summed E-state index contributed by atoms with van der Waals surface area (Å²) in [5.74, 6) is 4.29. The van der Waals surface area contributed by atoms with Crippen LogP contribution in [-0.2, 0) is 25.9 Å². The molecule has 1 aliphatic rings. The molecular weight excluding hydrogens is 471 g/mol. The van der Waals surface area contributed by atoms with E-state index in [0.717, 1.165) is 55.0 Å². The Morgan fingerprint density at radius 1 is 1.14 bits per heavy atom. The van der Waals surface area contributed by atoms with Gasteiger partial charge in [-0.25, -0.2) is 0 Å². The van der Waals surface area contributed by atoms with Crippen molar-refractivity contribution in [3.63, 3.8) is 0 Å². The van der Waals surface area contributed by atoms with Crippen LogP contribution >= 0.6 is 24.0 Å². The Morgan fingerprint density at radius 3 is 2.71 bits per heavy atom. The number of aromatic nitrogens is 3. The Bertz CT molecular complexity index is 793. The lowest BCUT2D eigenvalue weighted by Crippen LogP contribution is -2.38. The zero-order chi connectivity index (χ0) is 19.1. The van der Waals surface area contributed by atoms with Crippen molar-refractivity contribution in [3.05, 3.63) is 35.4 Å². The van der Waals surface area contributed by atoms with Crippen LogP contribution in [0.4, 0.5) is 0 Å². The summed E-state index contributed by atoms with van der Waals surface area (Å²) in [5, 5.41) is 15.2. The van der Waals surface area contributed by atoms with E-state index in [-0.39, 0.29) is 24.0 Å². The van der Waals surface area contributed by atoms with Crippen molar-refractivity contribution in [1.82, 2.24) is 25.4 Å². The topological polar surface area (TPSA) is 85.6 Å². The van der Waals surface area contributed by atoms with Crippen molar-refractivity contribution < 1.29 is 9.47 Å². The second kappa shape index (κ2) is 11.1. The van der Waals surface area contributed by atoms with Crippen LogP contribution in [0.25, 0.3) is 0 Å². The number of nitrogens with zero attached hydrogens (tertiary/aromatic N) is 4. The number of hydrogen-bond donors (Lipinski definition) is 2. The van der Waals surface area contributed by atoms with Crippen molar-refractivity contribution in [1.29, 1.82) is 0 Å². The molecule has 0 aliphatic carbocycles. The van der Waals surface area contributed by atoms with Crippen LogP contribution < -0.4 is 20.1 Å². The first-order valence-corrected chi connectivity index (χ1v) is 9.31. The first-order chi connectivity index (χ1) is 13.2. The van der Waals surface area contributed by atoms with Gasteiger partial charge < -0.3 is 24.7 Å². The van der Waals surface area contributed by atoms with Gasteiger partial charge in [-0.2, -0.15) is 0 Å². The Labute approximate surface area is 183 Å². The largest absolute Gasteiger partial charge is 0.493 e. The van der Waals surface area contributed by atoms with Gasteiger partial charge in [-0.15, -0.1) is 34.2 Å². The van der Waals surface area contributed by atoms with E-state index in [4.69, 9.17) is 9.47 Å². The number of fused-ring (bicyclic) bond motifs is 1. The SMILES string of the molecule is CN=C(NCCc1ccc(OC)c(OC)c1)NCc1nnc2n1CCCC2.I. The smallest absolute Gasteiger partial charge is 0.191 e.